The van der Waals surface area contributed by atoms with Crippen LogP contribution in [0.25, 0.3) is 0 Å². The molecule has 3 N–H and O–H groups in total. The van der Waals surface area contributed by atoms with Crippen LogP contribution >= 0.6 is 11.8 Å². The number of amides is 1. The van der Waals surface area contributed by atoms with E-state index in [2.05, 4.69) is 5.32 Å². The van der Waals surface area contributed by atoms with E-state index in [9.17, 15) is 4.79 Å². The first-order valence-electron chi connectivity index (χ1n) is 6.97. The Hall–Kier alpha value is -0.260. The molecule has 2 rings (SSSR count). The van der Waals surface area contributed by atoms with Crippen LogP contribution in [-0.2, 0) is 9.53 Å². The summed E-state index contributed by atoms with van der Waals surface area (Å²) in [5, 5.41) is 2.92. The lowest BCUT2D eigenvalue weighted by atomic mass is 10.1. The standard InChI is InChI=1S/C13H24N2O2S/c14-12(10-4-5-10)7-15-13(16)9-18-8-11-3-1-2-6-17-11/h10-12H,1-9,14H2,(H,15,16). The number of ether oxygens (including phenoxy) is 1. The summed E-state index contributed by atoms with van der Waals surface area (Å²) in [5.74, 6) is 2.21. The maximum atomic E-state index is 11.6. The minimum Gasteiger partial charge on any atom is -0.377 e. The highest BCUT2D eigenvalue weighted by Crippen LogP contribution is 2.31. The minimum absolute atomic E-state index is 0.104. The molecular formula is C13H24N2O2S. The first-order chi connectivity index (χ1) is 8.75. The van der Waals surface area contributed by atoms with Gasteiger partial charge >= 0.3 is 0 Å². The molecule has 104 valence electrons. The van der Waals surface area contributed by atoms with Gasteiger partial charge in [0.1, 0.15) is 0 Å². The maximum Gasteiger partial charge on any atom is 0.230 e. The molecule has 1 saturated heterocycles. The third-order valence-electron chi connectivity index (χ3n) is 3.57. The number of hydrogen-bond acceptors (Lipinski definition) is 4. The fraction of sp³-hybridized carbons (Fsp3) is 0.923. The highest BCUT2D eigenvalue weighted by molar-refractivity contribution is 7.99. The Morgan fingerprint density at radius 2 is 2.22 bits per heavy atom. The van der Waals surface area contributed by atoms with Gasteiger partial charge in [0.25, 0.3) is 0 Å². The lowest BCUT2D eigenvalue weighted by molar-refractivity contribution is -0.118. The van der Waals surface area contributed by atoms with Crippen molar-refractivity contribution in [2.45, 2.75) is 44.2 Å². The van der Waals surface area contributed by atoms with Crippen molar-refractivity contribution in [3.63, 3.8) is 0 Å². The van der Waals surface area contributed by atoms with Crippen LogP contribution in [0, 0.1) is 5.92 Å². The van der Waals surface area contributed by atoms with Crippen LogP contribution in [0.2, 0.25) is 0 Å². The van der Waals surface area contributed by atoms with Gasteiger partial charge in [-0.15, -0.1) is 11.8 Å². The van der Waals surface area contributed by atoms with Gasteiger partial charge in [0.15, 0.2) is 0 Å². The van der Waals surface area contributed by atoms with E-state index in [-0.39, 0.29) is 11.9 Å². The lowest BCUT2D eigenvalue weighted by Gasteiger charge is -2.22. The molecule has 2 atom stereocenters. The zero-order valence-corrected chi connectivity index (χ0v) is 11.7. The van der Waals surface area contributed by atoms with Gasteiger partial charge in [-0.05, 0) is 38.0 Å². The summed E-state index contributed by atoms with van der Waals surface area (Å²) in [5.41, 5.74) is 5.93. The normalized spacial score (nSPS) is 25.7. The first-order valence-corrected chi connectivity index (χ1v) is 8.13. The Morgan fingerprint density at radius 3 is 2.89 bits per heavy atom. The van der Waals surface area contributed by atoms with Gasteiger partial charge in [-0.1, -0.05) is 0 Å². The third kappa shape index (κ3) is 5.16. The van der Waals surface area contributed by atoms with Crippen molar-refractivity contribution < 1.29 is 9.53 Å². The smallest absolute Gasteiger partial charge is 0.230 e. The number of carbonyl (C=O) groups excluding carboxylic acids is 1. The van der Waals surface area contributed by atoms with E-state index in [4.69, 9.17) is 10.5 Å². The third-order valence-corrected chi connectivity index (χ3v) is 4.65. The number of carbonyl (C=O) groups is 1. The van der Waals surface area contributed by atoms with Gasteiger partial charge in [0.05, 0.1) is 11.9 Å². The first kappa shape index (κ1) is 14.2. The fourth-order valence-electron chi connectivity index (χ4n) is 2.20. The molecule has 2 aliphatic rings. The van der Waals surface area contributed by atoms with Crippen molar-refractivity contribution in [2.75, 3.05) is 24.7 Å². The molecule has 1 saturated carbocycles. The Kier molecular flexibility index (Phi) is 5.79. The number of nitrogens with one attached hydrogen (secondary N) is 1. The van der Waals surface area contributed by atoms with Crippen LogP contribution in [-0.4, -0.2) is 42.7 Å². The summed E-state index contributed by atoms with van der Waals surface area (Å²) in [7, 11) is 0. The monoisotopic (exact) mass is 272 g/mol. The fourth-order valence-corrected chi connectivity index (χ4v) is 3.13. The van der Waals surface area contributed by atoms with Crippen LogP contribution in [0.1, 0.15) is 32.1 Å². The quantitative estimate of drug-likeness (QED) is 0.729. The number of rotatable bonds is 7. The molecule has 0 aromatic rings. The summed E-state index contributed by atoms with van der Waals surface area (Å²) < 4.78 is 5.63. The maximum absolute atomic E-state index is 11.6. The second-order valence-electron chi connectivity index (χ2n) is 5.31. The average Bonchev–Trinajstić information content (AvgIpc) is 3.21. The van der Waals surface area contributed by atoms with Crippen molar-refractivity contribution >= 4 is 17.7 Å². The second kappa shape index (κ2) is 7.36. The zero-order chi connectivity index (χ0) is 12.8. The Morgan fingerprint density at radius 1 is 1.39 bits per heavy atom. The van der Waals surface area contributed by atoms with Crippen molar-refractivity contribution in [3.05, 3.63) is 0 Å². The molecule has 0 aromatic carbocycles. The largest absolute Gasteiger partial charge is 0.377 e. The van der Waals surface area contributed by atoms with E-state index >= 15 is 0 Å². The second-order valence-corrected chi connectivity index (χ2v) is 6.34. The SMILES string of the molecule is NC(CNC(=O)CSCC1CCCCO1)C1CC1. The summed E-state index contributed by atoms with van der Waals surface area (Å²) in [6, 6.07) is 0.153. The summed E-state index contributed by atoms with van der Waals surface area (Å²) in [6.07, 6.45) is 6.38. The van der Waals surface area contributed by atoms with Crippen molar-refractivity contribution in [1.29, 1.82) is 0 Å². The molecule has 1 aliphatic heterocycles. The van der Waals surface area contributed by atoms with E-state index < -0.39 is 0 Å². The van der Waals surface area contributed by atoms with Crippen molar-refractivity contribution in [3.8, 4) is 0 Å². The average molecular weight is 272 g/mol. The molecule has 0 bridgehead atoms. The van der Waals surface area contributed by atoms with E-state index in [0.29, 0.717) is 24.3 Å². The molecule has 5 heteroatoms. The highest BCUT2D eigenvalue weighted by Gasteiger charge is 2.28. The molecule has 18 heavy (non-hydrogen) atoms. The van der Waals surface area contributed by atoms with Crippen LogP contribution in [0.15, 0.2) is 0 Å². The predicted molar refractivity (Wildman–Crippen MR) is 74.6 cm³/mol. The molecule has 1 aliphatic carbocycles. The van der Waals surface area contributed by atoms with Gasteiger partial charge in [-0.3, -0.25) is 4.79 Å². The Bertz CT molecular complexity index is 266. The summed E-state index contributed by atoms with van der Waals surface area (Å²) >= 11 is 1.67. The highest BCUT2D eigenvalue weighted by atomic mass is 32.2. The summed E-state index contributed by atoms with van der Waals surface area (Å²) in [4.78, 5) is 11.6. The van der Waals surface area contributed by atoms with Crippen molar-refractivity contribution in [1.82, 2.24) is 5.32 Å². The number of hydrogen-bond donors (Lipinski definition) is 2. The number of nitrogens with two attached hydrogens (primary N) is 1. The number of thioether (sulfide) groups is 1. The Labute approximate surface area is 113 Å². The van der Waals surface area contributed by atoms with Crippen LogP contribution < -0.4 is 11.1 Å². The van der Waals surface area contributed by atoms with Gasteiger partial charge in [0, 0.05) is 24.9 Å². The van der Waals surface area contributed by atoms with Crippen molar-refractivity contribution in [2.24, 2.45) is 11.7 Å². The summed E-state index contributed by atoms with van der Waals surface area (Å²) in [6.45, 7) is 1.51. The topological polar surface area (TPSA) is 64.3 Å². The van der Waals surface area contributed by atoms with Crippen LogP contribution in [0.5, 0.6) is 0 Å². The molecule has 4 nitrogen and oxygen atoms in total. The van der Waals surface area contributed by atoms with Crippen LogP contribution in [0.4, 0.5) is 0 Å². The Balaban J connectivity index is 1.48. The molecule has 0 spiro atoms. The molecule has 0 radical (unpaired) electrons. The minimum atomic E-state index is 0.104. The predicted octanol–water partition coefficient (Wildman–Crippen LogP) is 1.14. The van der Waals surface area contributed by atoms with E-state index in [1.807, 2.05) is 0 Å². The van der Waals surface area contributed by atoms with Gasteiger partial charge in [-0.2, -0.15) is 0 Å². The van der Waals surface area contributed by atoms with Gasteiger partial charge < -0.3 is 15.8 Å². The van der Waals surface area contributed by atoms with Gasteiger partial charge in [-0.25, -0.2) is 0 Å². The van der Waals surface area contributed by atoms with Crippen LogP contribution in [0.3, 0.4) is 0 Å². The molecule has 2 fully saturated rings. The zero-order valence-electron chi connectivity index (χ0n) is 10.9. The molecule has 1 amide bonds. The van der Waals surface area contributed by atoms with E-state index in [0.717, 1.165) is 18.8 Å². The molecular weight excluding hydrogens is 248 g/mol. The molecule has 2 unspecified atom stereocenters. The van der Waals surface area contributed by atoms with E-state index in [1.165, 1.54) is 25.7 Å². The lowest BCUT2D eigenvalue weighted by Crippen LogP contribution is -2.39. The van der Waals surface area contributed by atoms with Gasteiger partial charge in [0.2, 0.25) is 5.91 Å². The molecule has 1 heterocycles. The molecule has 0 aromatic heterocycles. The van der Waals surface area contributed by atoms with E-state index in [1.54, 1.807) is 11.8 Å².